The lowest BCUT2D eigenvalue weighted by atomic mass is 9.94. The highest BCUT2D eigenvalue weighted by atomic mass is 15.3. The van der Waals surface area contributed by atoms with Gasteiger partial charge in [0.2, 0.25) is 0 Å². The Labute approximate surface area is 156 Å². The zero-order valence-corrected chi connectivity index (χ0v) is 16.3. The van der Waals surface area contributed by atoms with Gasteiger partial charge in [0, 0.05) is 30.4 Å². The van der Waals surface area contributed by atoms with Crippen LogP contribution in [0.3, 0.4) is 0 Å². The Kier molecular flexibility index (Phi) is 4.94. The summed E-state index contributed by atoms with van der Waals surface area (Å²) < 4.78 is 2.19. The van der Waals surface area contributed by atoms with Crippen molar-refractivity contribution in [3.63, 3.8) is 0 Å². The molecule has 1 N–H and O–H groups in total. The third kappa shape index (κ3) is 3.61. The van der Waals surface area contributed by atoms with E-state index >= 15 is 0 Å². The summed E-state index contributed by atoms with van der Waals surface area (Å²) in [5.74, 6) is 1.73. The van der Waals surface area contributed by atoms with Crippen LogP contribution in [0.25, 0.3) is 0 Å². The quantitative estimate of drug-likeness (QED) is 0.912. The van der Waals surface area contributed by atoms with Crippen LogP contribution in [0, 0.1) is 20.8 Å². The number of anilines is 1. The highest BCUT2D eigenvalue weighted by molar-refractivity contribution is 5.45. The van der Waals surface area contributed by atoms with E-state index in [4.69, 9.17) is 5.10 Å². The summed E-state index contributed by atoms with van der Waals surface area (Å²) in [5, 5.41) is 8.26. The van der Waals surface area contributed by atoms with E-state index in [1.165, 1.54) is 37.8 Å². The van der Waals surface area contributed by atoms with Crippen molar-refractivity contribution in [3.8, 4) is 0 Å². The van der Waals surface area contributed by atoms with Gasteiger partial charge in [-0.1, -0.05) is 19.3 Å². The van der Waals surface area contributed by atoms with Crippen LogP contribution in [0.1, 0.15) is 60.6 Å². The maximum Gasteiger partial charge on any atom is 0.133 e. The van der Waals surface area contributed by atoms with E-state index in [0.717, 1.165) is 54.3 Å². The minimum absolute atomic E-state index is 0.708. The number of hydrogen-bond acceptors (Lipinski definition) is 5. The Morgan fingerprint density at radius 1 is 1.08 bits per heavy atom. The third-order valence-corrected chi connectivity index (χ3v) is 5.91. The summed E-state index contributed by atoms with van der Waals surface area (Å²) in [4.78, 5) is 11.6. The normalized spacial score (nSPS) is 18.7. The first-order valence-electron chi connectivity index (χ1n) is 9.95. The van der Waals surface area contributed by atoms with Gasteiger partial charge in [-0.2, -0.15) is 5.10 Å². The van der Waals surface area contributed by atoms with Gasteiger partial charge in [0.05, 0.1) is 24.5 Å². The number of aryl methyl sites for hydroxylation is 2. The van der Waals surface area contributed by atoms with Crippen LogP contribution in [0.4, 0.5) is 5.82 Å². The molecule has 0 radical (unpaired) electrons. The lowest BCUT2D eigenvalue weighted by molar-refractivity contribution is 0.119. The van der Waals surface area contributed by atoms with Crippen molar-refractivity contribution < 1.29 is 0 Å². The summed E-state index contributed by atoms with van der Waals surface area (Å²) in [6.07, 6.45) is 6.95. The van der Waals surface area contributed by atoms with Crippen molar-refractivity contribution in [2.45, 2.75) is 78.6 Å². The lowest BCUT2D eigenvalue weighted by Crippen LogP contribution is -2.42. The highest BCUT2D eigenvalue weighted by Crippen LogP contribution is 2.26. The second kappa shape index (κ2) is 7.35. The fourth-order valence-corrected chi connectivity index (χ4v) is 4.31. The van der Waals surface area contributed by atoms with Crippen LogP contribution in [-0.4, -0.2) is 37.2 Å². The van der Waals surface area contributed by atoms with Gasteiger partial charge in [-0.15, -0.1) is 0 Å². The second-order valence-electron chi connectivity index (χ2n) is 7.80. The molecule has 0 atom stereocenters. The summed E-state index contributed by atoms with van der Waals surface area (Å²) >= 11 is 0. The van der Waals surface area contributed by atoms with E-state index in [0.29, 0.717) is 6.54 Å². The number of nitrogens with zero attached hydrogens (tertiary/aromatic N) is 5. The molecule has 1 aliphatic carbocycles. The largest absolute Gasteiger partial charge is 0.364 e. The van der Waals surface area contributed by atoms with Crippen LogP contribution >= 0.6 is 0 Å². The molecule has 6 nitrogen and oxygen atoms in total. The van der Waals surface area contributed by atoms with Gasteiger partial charge in [-0.25, -0.2) is 9.97 Å². The Morgan fingerprint density at radius 2 is 1.88 bits per heavy atom. The molecular weight excluding hydrogens is 324 g/mol. The van der Waals surface area contributed by atoms with Crippen LogP contribution in [0.15, 0.2) is 6.07 Å². The molecule has 140 valence electrons. The topological polar surface area (TPSA) is 58.9 Å². The SMILES string of the molecule is Cc1nc(C)c(C)c(NCc2cc3n(n2)CCN(C2CCCCC2)C3)n1. The molecule has 2 aromatic rings. The maximum atomic E-state index is 4.80. The van der Waals surface area contributed by atoms with Crippen molar-refractivity contribution in [2.75, 3.05) is 11.9 Å². The monoisotopic (exact) mass is 354 g/mol. The van der Waals surface area contributed by atoms with Gasteiger partial charge in [0.1, 0.15) is 11.6 Å². The van der Waals surface area contributed by atoms with E-state index in [-0.39, 0.29) is 0 Å². The van der Waals surface area contributed by atoms with Gasteiger partial charge < -0.3 is 5.32 Å². The van der Waals surface area contributed by atoms with Crippen LogP contribution in [0.5, 0.6) is 0 Å². The van der Waals surface area contributed by atoms with E-state index < -0.39 is 0 Å². The van der Waals surface area contributed by atoms with Crippen LogP contribution in [0.2, 0.25) is 0 Å². The number of aromatic nitrogens is 4. The molecule has 0 spiro atoms. The van der Waals surface area contributed by atoms with E-state index in [2.05, 4.69) is 37.9 Å². The molecule has 1 aliphatic heterocycles. The van der Waals surface area contributed by atoms with Crippen molar-refractivity contribution in [1.82, 2.24) is 24.6 Å². The van der Waals surface area contributed by atoms with Gasteiger partial charge in [-0.3, -0.25) is 9.58 Å². The number of fused-ring (bicyclic) bond motifs is 1. The molecule has 6 heteroatoms. The summed E-state index contributed by atoms with van der Waals surface area (Å²) in [7, 11) is 0. The average molecular weight is 355 g/mol. The Bertz CT molecular complexity index is 775. The predicted molar refractivity (Wildman–Crippen MR) is 103 cm³/mol. The summed E-state index contributed by atoms with van der Waals surface area (Å²) in [5.41, 5.74) is 4.60. The standard InChI is InChI=1S/C20H30N6/c1-14-15(2)22-16(3)23-20(14)21-12-17-11-19-13-25(9-10-26(19)24-17)18-7-5-4-6-8-18/h11,18H,4-10,12-13H2,1-3H3,(H,21,22,23). The molecule has 2 aliphatic rings. The third-order valence-electron chi connectivity index (χ3n) is 5.91. The maximum absolute atomic E-state index is 4.80. The molecule has 0 aromatic carbocycles. The summed E-state index contributed by atoms with van der Waals surface area (Å²) in [6.45, 7) is 9.93. The fourth-order valence-electron chi connectivity index (χ4n) is 4.31. The van der Waals surface area contributed by atoms with Crippen molar-refractivity contribution in [3.05, 3.63) is 34.5 Å². The first-order chi connectivity index (χ1) is 12.6. The summed E-state index contributed by atoms with van der Waals surface area (Å²) in [6, 6.07) is 3.04. The van der Waals surface area contributed by atoms with E-state index in [1.54, 1.807) is 0 Å². The van der Waals surface area contributed by atoms with Gasteiger partial charge in [-0.05, 0) is 39.7 Å². The molecule has 1 fully saturated rings. The van der Waals surface area contributed by atoms with Gasteiger partial charge in [0.15, 0.2) is 0 Å². The number of hydrogen-bond donors (Lipinski definition) is 1. The lowest BCUT2D eigenvalue weighted by Gasteiger charge is -2.36. The predicted octanol–water partition coefficient (Wildman–Crippen LogP) is 3.36. The first kappa shape index (κ1) is 17.5. The van der Waals surface area contributed by atoms with Gasteiger partial charge >= 0.3 is 0 Å². The smallest absolute Gasteiger partial charge is 0.133 e. The number of nitrogens with one attached hydrogen (secondary N) is 1. The number of rotatable bonds is 4. The molecule has 26 heavy (non-hydrogen) atoms. The minimum atomic E-state index is 0.708. The first-order valence-corrected chi connectivity index (χ1v) is 9.95. The fraction of sp³-hybridized carbons (Fsp3) is 0.650. The molecular formula is C20H30N6. The average Bonchev–Trinajstić information content (AvgIpc) is 3.06. The molecule has 0 amide bonds. The minimum Gasteiger partial charge on any atom is -0.364 e. The molecule has 0 unspecified atom stereocenters. The molecule has 1 saturated carbocycles. The van der Waals surface area contributed by atoms with Crippen molar-refractivity contribution in [1.29, 1.82) is 0 Å². The van der Waals surface area contributed by atoms with Crippen LogP contribution < -0.4 is 5.32 Å². The zero-order chi connectivity index (χ0) is 18.1. The van der Waals surface area contributed by atoms with Crippen molar-refractivity contribution in [2.24, 2.45) is 0 Å². The zero-order valence-electron chi connectivity index (χ0n) is 16.3. The Balaban J connectivity index is 1.42. The molecule has 2 aromatic heterocycles. The highest BCUT2D eigenvalue weighted by Gasteiger charge is 2.25. The Morgan fingerprint density at radius 3 is 2.69 bits per heavy atom. The van der Waals surface area contributed by atoms with Crippen LogP contribution in [-0.2, 0) is 19.6 Å². The second-order valence-corrected chi connectivity index (χ2v) is 7.80. The Hall–Kier alpha value is -1.95. The molecule has 0 bridgehead atoms. The molecule has 3 heterocycles. The van der Waals surface area contributed by atoms with Crippen molar-refractivity contribution >= 4 is 5.82 Å². The van der Waals surface area contributed by atoms with Gasteiger partial charge in [0.25, 0.3) is 0 Å². The molecule has 4 rings (SSSR count). The molecule has 0 saturated heterocycles. The van der Waals surface area contributed by atoms with E-state index in [1.807, 2.05) is 13.8 Å². The van der Waals surface area contributed by atoms with E-state index in [9.17, 15) is 0 Å².